The maximum atomic E-state index is 8.80. The van der Waals surface area contributed by atoms with Gasteiger partial charge in [-0.1, -0.05) is 12.8 Å². The Morgan fingerprint density at radius 2 is 1.87 bits per heavy atom. The summed E-state index contributed by atoms with van der Waals surface area (Å²) in [5.41, 5.74) is 0. The van der Waals surface area contributed by atoms with Crippen LogP contribution >= 0.6 is 0 Å². The van der Waals surface area contributed by atoms with Gasteiger partial charge >= 0.3 is 0 Å². The van der Waals surface area contributed by atoms with Crippen LogP contribution in [0.5, 0.6) is 0 Å². The van der Waals surface area contributed by atoms with Crippen LogP contribution in [-0.2, 0) is 0 Å². The van der Waals surface area contributed by atoms with E-state index in [1.54, 1.807) is 0 Å². The number of hydrogen-bond acceptors (Lipinski definition) is 3. The van der Waals surface area contributed by atoms with Gasteiger partial charge in [0.2, 0.25) is 0 Å². The number of rotatable bonds is 6. The van der Waals surface area contributed by atoms with E-state index < -0.39 is 0 Å². The largest absolute Gasteiger partial charge is 0.309 e. The highest BCUT2D eigenvalue weighted by atomic mass is 15.2. The van der Waals surface area contributed by atoms with Crippen molar-refractivity contribution in [3.8, 4) is 6.07 Å². The van der Waals surface area contributed by atoms with Gasteiger partial charge in [0, 0.05) is 12.6 Å². The van der Waals surface area contributed by atoms with Gasteiger partial charge < -0.3 is 4.90 Å². The Kier molecular flexibility index (Phi) is 5.67. The van der Waals surface area contributed by atoms with E-state index in [2.05, 4.69) is 30.0 Å². The summed E-state index contributed by atoms with van der Waals surface area (Å²) in [6.07, 6.45) is 6.46. The van der Waals surface area contributed by atoms with Crippen molar-refractivity contribution in [2.24, 2.45) is 0 Å². The van der Waals surface area contributed by atoms with Crippen molar-refractivity contribution < 1.29 is 0 Å². The third-order valence-corrected chi connectivity index (χ3v) is 3.17. The third kappa shape index (κ3) is 4.63. The first-order valence-electron chi connectivity index (χ1n) is 5.99. The summed E-state index contributed by atoms with van der Waals surface area (Å²) in [4.78, 5) is 4.58. The second-order valence-electron chi connectivity index (χ2n) is 4.72. The highest BCUT2D eigenvalue weighted by Gasteiger charge is 2.21. The summed E-state index contributed by atoms with van der Waals surface area (Å²) >= 11 is 0. The van der Waals surface area contributed by atoms with Crippen molar-refractivity contribution in [1.82, 2.24) is 9.80 Å². The van der Waals surface area contributed by atoms with Gasteiger partial charge in [-0.3, -0.25) is 4.90 Å². The van der Waals surface area contributed by atoms with Crippen LogP contribution in [0, 0.1) is 11.3 Å². The van der Waals surface area contributed by atoms with E-state index in [0.717, 1.165) is 13.1 Å². The zero-order chi connectivity index (χ0) is 11.1. The minimum Gasteiger partial charge on any atom is -0.309 e. The molecule has 0 aliphatic heterocycles. The van der Waals surface area contributed by atoms with Crippen LogP contribution < -0.4 is 0 Å². The molecule has 1 fully saturated rings. The first-order valence-corrected chi connectivity index (χ1v) is 5.99. The molecule has 86 valence electrons. The quantitative estimate of drug-likeness (QED) is 0.624. The molecule has 0 spiro atoms. The molecule has 3 nitrogen and oxygen atoms in total. The Bertz CT molecular complexity index is 201. The molecule has 1 aliphatic rings. The third-order valence-electron chi connectivity index (χ3n) is 3.17. The lowest BCUT2D eigenvalue weighted by Crippen LogP contribution is -2.35. The van der Waals surface area contributed by atoms with Crippen LogP contribution in [0.3, 0.4) is 0 Å². The first-order chi connectivity index (χ1) is 7.24. The maximum Gasteiger partial charge on any atom is 0.0868 e. The van der Waals surface area contributed by atoms with Gasteiger partial charge in [0.1, 0.15) is 0 Å². The second kappa shape index (κ2) is 6.81. The highest BCUT2D eigenvalue weighted by molar-refractivity contribution is 4.84. The summed E-state index contributed by atoms with van der Waals surface area (Å²) in [5, 5.41) is 8.80. The van der Waals surface area contributed by atoms with Crippen LogP contribution in [0.15, 0.2) is 0 Å². The van der Waals surface area contributed by atoms with Crippen molar-refractivity contribution >= 4 is 0 Å². The SMILES string of the molecule is CN(C)CCCN(CC#N)C1CCCC1. The average Bonchev–Trinajstić information content (AvgIpc) is 2.68. The van der Waals surface area contributed by atoms with E-state index in [-0.39, 0.29) is 0 Å². The van der Waals surface area contributed by atoms with Gasteiger partial charge in [-0.05, 0) is 39.9 Å². The molecule has 0 amide bonds. The minimum absolute atomic E-state index is 0.609. The smallest absolute Gasteiger partial charge is 0.0868 e. The van der Waals surface area contributed by atoms with Crippen molar-refractivity contribution in [2.45, 2.75) is 38.1 Å². The Hall–Kier alpha value is -0.590. The molecule has 0 atom stereocenters. The van der Waals surface area contributed by atoms with Gasteiger partial charge in [0.25, 0.3) is 0 Å². The molecule has 1 saturated carbocycles. The summed E-state index contributed by atoms with van der Waals surface area (Å²) < 4.78 is 0. The van der Waals surface area contributed by atoms with Gasteiger partial charge in [-0.2, -0.15) is 5.26 Å². The summed E-state index contributed by atoms with van der Waals surface area (Å²) in [7, 11) is 4.20. The van der Waals surface area contributed by atoms with Gasteiger partial charge in [-0.25, -0.2) is 0 Å². The van der Waals surface area contributed by atoms with E-state index in [1.807, 2.05) is 0 Å². The van der Waals surface area contributed by atoms with Crippen LogP contribution in [0.25, 0.3) is 0 Å². The lowest BCUT2D eigenvalue weighted by Gasteiger charge is -2.26. The molecule has 3 heteroatoms. The first kappa shape index (κ1) is 12.5. The zero-order valence-corrected chi connectivity index (χ0v) is 10.1. The van der Waals surface area contributed by atoms with E-state index in [0.29, 0.717) is 12.6 Å². The zero-order valence-electron chi connectivity index (χ0n) is 10.1. The molecule has 0 heterocycles. The van der Waals surface area contributed by atoms with E-state index in [4.69, 9.17) is 5.26 Å². The predicted molar refractivity (Wildman–Crippen MR) is 62.6 cm³/mol. The number of hydrogen-bond donors (Lipinski definition) is 0. The lowest BCUT2D eigenvalue weighted by molar-refractivity contribution is 0.211. The van der Waals surface area contributed by atoms with Crippen LogP contribution in [0.2, 0.25) is 0 Å². The predicted octanol–water partition coefficient (Wildman–Crippen LogP) is 1.71. The molecule has 0 aromatic carbocycles. The molecular formula is C12H23N3. The minimum atomic E-state index is 0.609. The van der Waals surface area contributed by atoms with Crippen LogP contribution in [0.4, 0.5) is 0 Å². The Balaban J connectivity index is 2.27. The molecular weight excluding hydrogens is 186 g/mol. The van der Waals surface area contributed by atoms with E-state index in [1.165, 1.54) is 32.1 Å². The molecule has 1 aliphatic carbocycles. The summed E-state index contributed by atoms with van der Waals surface area (Å²) in [6.45, 7) is 2.81. The fourth-order valence-corrected chi connectivity index (χ4v) is 2.34. The molecule has 0 bridgehead atoms. The fraction of sp³-hybridized carbons (Fsp3) is 0.917. The molecule has 0 unspecified atom stereocenters. The molecule has 0 aromatic heterocycles. The van der Waals surface area contributed by atoms with Gasteiger partial charge in [0.15, 0.2) is 0 Å². The van der Waals surface area contributed by atoms with Crippen molar-refractivity contribution in [1.29, 1.82) is 5.26 Å². The number of nitriles is 1. The molecule has 15 heavy (non-hydrogen) atoms. The van der Waals surface area contributed by atoms with Crippen molar-refractivity contribution in [3.63, 3.8) is 0 Å². The topological polar surface area (TPSA) is 30.3 Å². The molecule has 0 saturated heterocycles. The lowest BCUT2D eigenvalue weighted by atomic mass is 10.2. The van der Waals surface area contributed by atoms with E-state index in [9.17, 15) is 0 Å². The Morgan fingerprint density at radius 1 is 1.20 bits per heavy atom. The molecule has 0 aromatic rings. The Labute approximate surface area is 93.7 Å². The summed E-state index contributed by atoms with van der Waals surface area (Å²) in [5.74, 6) is 0. The standard InChI is InChI=1S/C12H23N3/c1-14(2)9-5-10-15(11-8-13)12-6-3-4-7-12/h12H,3-7,9-11H2,1-2H3. The molecule has 0 radical (unpaired) electrons. The van der Waals surface area contributed by atoms with E-state index >= 15 is 0 Å². The second-order valence-corrected chi connectivity index (χ2v) is 4.72. The normalized spacial score (nSPS) is 17.5. The molecule has 1 rings (SSSR count). The maximum absolute atomic E-state index is 8.80. The van der Waals surface area contributed by atoms with Crippen molar-refractivity contribution in [3.05, 3.63) is 0 Å². The van der Waals surface area contributed by atoms with Crippen LogP contribution in [0.1, 0.15) is 32.1 Å². The molecule has 0 N–H and O–H groups in total. The van der Waals surface area contributed by atoms with Gasteiger partial charge in [-0.15, -0.1) is 0 Å². The highest BCUT2D eigenvalue weighted by Crippen LogP contribution is 2.23. The van der Waals surface area contributed by atoms with Gasteiger partial charge in [0.05, 0.1) is 12.6 Å². The average molecular weight is 209 g/mol. The number of nitrogens with zero attached hydrogens (tertiary/aromatic N) is 3. The van der Waals surface area contributed by atoms with Crippen LogP contribution in [-0.4, -0.2) is 49.6 Å². The summed E-state index contributed by atoms with van der Waals surface area (Å²) in [6, 6.07) is 2.98. The monoisotopic (exact) mass is 209 g/mol. The fourth-order valence-electron chi connectivity index (χ4n) is 2.34. The Morgan fingerprint density at radius 3 is 2.40 bits per heavy atom. The van der Waals surface area contributed by atoms with Crippen molar-refractivity contribution in [2.75, 3.05) is 33.7 Å².